The van der Waals surface area contributed by atoms with Gasteiger partial charge in [-0.3, -0.25) is 9.59 Å². The van der Waals surface area contributed by atoms with Gasteiger partial charge in [0.25, 0.3) is 11.8 Å². The number of hydrogen-bond donors (Lipinski definition) is 0. The van der Waals surface area contributed by atoms with Crippen molar-refractivity contribution in [3.8, 4) is 5.75 Å². The van der Waals surface area contributed by atoms with Gasteiger partial charge in [0.15, 0.2) is 0 Å². The second-order valence-electron chi connectivity index (χ2n) is 8.08. The van der Waals surface area contributed by atoms with E-state index in [-0.39, 0.29) is 17.9 Å². The summed E-state index contributed by atoms with van der Waals surface area (Å²) < 4.78 is 6.15. The molecule has 0 saturated carbocycles. The molecule has 2 amide bonds. The van der Waals surface area contributed by atoms with Crippen molar-refractivity contribution < 1.29 is 14.3 Å². The molecule has 2 heterocycles. The summed E-state index contributed by atoms with van der Waals surface area (Å²) in [7, 11) is 5.81. The van der Waals surface area contributed by atoms with E-state index in [1.807, 2.05) is 69.4 Å². The summed E-state index contributed by atoms with van der Waals surface area (Å²) >= 11 is 1.54. The fourth-order valence-corrected chi connectivity index (χ4v) is 4.28. The molecule has 1 aromatic heterocycles. The van der Waals surface area contributed by atoms with Crippen LogP contribution in [0.4, 0.5) is 0 Å². The molecular formula is C23H31N3O3S. The number of carbonyl (C=O) groups is 2. The third-order valence-corrected chi connectivity index (χ3v) is 6.28. The lowest BCUT2D eigenvalue weighted by molar-refractivity contribution is 0.0598. The molecule has 7 heteroatoms. The first-order valence-corrected chi connectivity index (χ1v) is 11.2. The van der Waals surface area contributed by atoms with Crippen LogP contribution in [0, 0.1) is 6.92 Å². The number of ether oxygens (including phenoxy) is 1. The summed E-state index contributed by atoms with van der Waals surface area (Å²) in [5, 5.41) is 0. The molecule has 1 aromatic carbocycles. The molecule has 0 atom stereocenters. The van der Waals surface area contributed by atoms with Gasteiger partial charge in [0.2, 0.25) is 0 Å². The molecular weight excluding hydrogens is 398 g/mol. The minimum absolute atomic E-state index is 0.00560. The van der Waals surface area contributed by atoms with Gasteiger partial charge in [-0.15, -0.1) is 11.3 Å². The van der Waals surface area contributed by atoms with Crippen LogP contribution in [0.3, 0.4) is 0 Å². The Labute approximate surface area is 183 Å². The standard InChI is InChI=1S/C23H31N3O3S/c1-17-8-9-21(30-17)23(28)26-12-10-19(11-13-26)29-20-7-5-6-18(16-20)22(27)25(4)15-14-24(2)3/h5-9,16,19H,10-15H2,1-4H3. The lowest BCUT2D eigenvalue weighted by Gasteiger charge is -2.32. The number of piperidine rings is 1. The van der Waals surface area contributed by atoms with Crippen molar-refractivity contribution in [2.24, 2.45) is 0 Å². The molecule has 0 radical (unpaired) electrons. The van der Waals surface area contributed by atoms with Gasteiger partial charge in [0.05, 0.1) is 4.88 Å². The highest BCUT2D eigenvalue weighted by molar-refractivity contribution is 7.13. The van der Waals surface area contributed by atoms with Gasteiger partial charge in [0, 0.05) is 56.5 Å². The Morgan fingerprint density at radius 1 is 1.10 bits per heavy atom. The summed E-state index contributed by atoms with van der Waals surface area (Å²) in [6.07, 6.45) is 1.63. The number of likely N-dealkylation sites (tertiary alicyclic amines) is 1. The molecule has 2 aromatic rings. The van der Waals surface area contributed by atoms with E-state index in [0.29, 0.717) is 30.9 Å². The van der Waals surface area contributed by atoms with Crippen molar-refractivity contribution >= 4 is 23.2 Å². The Kier molecular flexibility index (Phi) is 7.50. The van der Waals surface area contributed by atoms with E-state index in [4.69, 9.17) is 4.74 Å². The van der Waals surface area contributed by atoms with Crippen LogP contribution in [0.5, 0.6) is 5.75 Å². The van der Waals surface area contributed by atoms with E-state index in [0.717, 1.165) is 29.1 Å². The van der Waals surface area contributed by atoms with Crippen LogP contribution in [0.25, 0.3) is 0 Å². The number of rotatable bonds is 7. The average Bonchev–Trinajstić information content (AvgIpc) is 3.18. The van der Waals surface area contributed by atoms with Crippen molar-refractivity contribution in [1.82, 2.24) is 14.7 Å². The molecule has 0 unspecified atom stereocenters. The van der Waals surface area contributed by atoms with Crippen molar-refractivity contribution in [1.29, 1.82) is 0 Å². The maximum absolute atomic E-state index is 12.7. The second-order valence-corrected chi connectivity index (χ2v) is 9.37. The van der Waals surface area contributed by atoms with Crippen LogP contribution >= 0.6 is 11.3 Å². The van der Waals surface area contributed by atoms with Crippen molar-refractivity contribution in [2.45, 2.75) is 25.9 Å². The molecule has 30 heavy (non-hydrogen) atoms. The van der Waals surface area contributed by atoms with Gasteiger partial charge in [0.1, 0.15) is 11.9 Å². The van der Waals surface area contributed by atoms with Crippen LogP contribution in [-0.2, 0) is 0 Å². The van der Waals surface area contributed by atoms with Gasteiger partial charge in [-0.2, -0.15) is 0 Å². The molecule has 0 aliphatic carbocycles. The highest BCUT2D eigenvalue weighted by Crippen LogP contribution is 2.23. The zero-order valence-corrected chi connectivity index (χ0v) is 19.1. The van der Waals surface area contributed by atoms with Crippen LogP contribution in [0.2, 0.25) is 0 Å². The fourth-order valence-electron chi connectivity index (χ4n) is 3.45. The first-order chi connectivity index (χ1) is 14.3. The van der Waals surface area contributed by atoms with E-state index in [1.54, 1.807) is 16.2 Å². The molecule has 0 N–H and O–H groups in total. The van der Waals surface area contributed by atoms with Crippen LogP contribution < -0.4 is 4.74 Å². The highest BCUT2D eigenvalue weighted by Gasteiger charge is 2.25. The van der Waals surface area contributed by atoms with E-state index >= 15 is 0 Å². The number of benzene rings is 1. The number of carbonyl (C=O) groups excluding carboxylic acids is 2. The van der Waals surface area contributed by atoms with Gasteiger partial charge in [-0.25, -0.2) is 0 Å². The van der Waals surface area contributed by atoms with E-state index < -0.39 is 0 Å². The zero-order chi connectivity index (χ0) is 21.7. The number of amides is 2. The molecule has 1 aliphatic rings. The summed E-state index contributed by atoms with van der Waals surface area (Å²) in [6.45, 7) is 4.88. The SMILES string of the molecule is Cc1ccc(C(=O)N2CCC(Oc3cccc(C(=O)N(C)CCN(C)C)c3)CC2)s1. The predicted octanol–water partition coefficient (Wildman–Crippen LogP) is 3.37. The van der Waals surface area contributed by atoms with Crippen LogP contribution in [0.1, 0.15) is 37.7 Å². The molecule has 1 aliphatic heterocycles. The Hall–Kier alpha value is -2.38. The normalized spacial score (nSPS) is 14.8. The Morgan fingerprint density at radius 2 is 1.83 bits per heavy atom. The Morgan fingerprint density at radius 3 is 2.47 bits per heavy atom. The molecule has 162 valence electrons. The lowest BCUT2D eigenvalue weighted by Crippen LogP contribution is -2.41. The maximum atomic E-state index is 12.7. The number of aryl methyl sites for hydroxylation is 1. The fraction of sp³-hybridized carbons (Fsp3) is 0.478. The van der Waals surface area contributed by atoms with E-state index in [2.05, 4.69) is 4.90 Å². The summed E-state index contributed by atoms with van der Waals surface area (Å²) in [5.41, 5.74) is 0.634. The largest absolute Gasteiger partial charge is 0.490 e. The number of likely N-dealkylation sites (N-methyl/N-ethyl adjacent to an activating group) is 2. The Bertz CT molecular complexity index is 872. The predicted molar refractivity (Wildman–Crippen MR) is 121 cm³/mol. The number of hydrogen-bond acceptors (Lipinski definition) is 5. The molecule has 1 saturated heterocycles. The molecule has 1 fully saturated rings. The number of thiophene rings is 1. The van der Waals surface area contributed by atoms with E-state index in [1.165, 1.54) is 0 Å². The summed E-state index contributed by atoms with van der Waals surface area (Å²) in [6, 6.07) is 11.3. The van der Waals surface area contributed by atoms with Crippen molar-refractivity contribution in [3.63, 3.8) is 0 Å². The minimum atomic E-state index is -0.00560. The first-order valence-electron chi connectivity index (χ1n) is 10.4. The van der Waals surface area contributed by atoms with Gasteiger partial charge >= 0.3 is 0 Å². The second kappa shape index (κ2) is 10.1. The van der Waals surface area contributed by atoms with Crippen LogP contribution in [-0.4, -0.2) is 79.9 Å². The first kappa shape index (κ1) is 22.3. The summed E-state index contributed by atoms with van der Waals surface area (Å²) in [4.78, 5) is 32.9. The quantitative estimate of drug-likeness (QED) is 0.677. The minimum Gasteiger partial charge on any atom is -0.490 e. The lowest BCUT2D eigenvalue weighted by atomic mass is 10.1. The number of nitrogens with zero attached hydrogens (tertiary/aromatic N) is 3. The van der Waals surface area contributed by atoms with Crippen molar-refractivity contribution in [3.05, 3.63) is 51.7 Å². The maximum Gasteiger partial charge on any atom is 0.263 e. The van der Waals surface area contributed by atoms with Gasteiger partial charge in [-0.05, 0) is 51.4 Å². The summed E-state index contributed by atoms with van der Waals surface area (Å²) in [5.74, 6) is 0.814. The zero-order valence-electron chi connectivity index (χ0n) is 18.3. The monoisotopic (exact) mass is 429 g/mol. The third kappa shape index (κ3) is 5.83. The topological polar surface area (TPSA) is 53.1 Å². The smallest absolute Gasteiger partial charge is 0.263 e. The van der Waals surface area contributed by atoms with Gasteiger partial charge < -0.3 is 19.4 Å². The van der Waals surface area contributed by atoms with Crippen molar-refractivity contribution in [2.75, 3.05) is 47.3 Å². The van der Waals surface area contributed by atoms with E-state index in [9.17, 15) is 9.59 Å². The molecule has 0 spiro atoms. The molecule has 0 bridgehead atoms. The van der Waals surface area contributed by atoms with Crippen LogP contribution in [0.15, 0.2) is 36.4 Å². The third-order valence-electron chi connectivity index (χ3n) is 5.29. The average molecular weight is 430 g/mol. The Balaban J connectivity index is 1.53. The van der Waals surface area contributed by atoms with Gasteiger partial charge in [-0.1, -0.05) is 6.07 Å². The molecule has 3 rings (SSSR count). The molecule has 6 nitrogen and oxygen atoms in total. The highest BCUT2D eigenvalue weighted by atomic mass is 32.1.